The highest BCUT2D eigenvalue weighted by molar-refractivity contribution is 5.20. The normalized spacial score (nSPS) is 18.2. The van der Waals surface area contributed by atoms with Gasteiger partial charge in [0.25, 0.3) is 0 Å². The molecule has 0 heterocycles. The number of benzene rings is 1. The van der Waals surface area contributed by atoms with Gasteiger partial charge in [0.2, 0.25) is 0 Å². The summed E-state index contributed by atoms with van der Waals surface area (Å²) in [6.45, 7) is 4.03. The molecule has 0 atom stereocenters. The second-order valence-electron chi connectivity index (χ2n) is 5.41. The summed E-state index contributed by atoms with van der Waals surface area (Å²) in [6.07, 6.45) is 5.69. The van der Waals surface area contributed by atoms with E-state index in [9.17, 15) is 8.78 Å². The third-order valence-corrected chi connectivity index (χ3v) is 3.98. The Bertz CT molecular complexity index is 397. The second kappa shape index (κ2) is 5.79. The van der Waals surface area contributed by atoms with Gasteiger partial charge in [-0.05, 0) is 48.9 Å². The summed E-state index contributed by atoms with van der Waals surface area (Å²) in [6, 6.07) is 4.30. The van der Waals surface area contributed by atoms with Crippen molar-refractivity contribution >= 4 is 0 Å². The Balaban J connectivity index is 2.10. The van der Waals surface area contributed by atoms with Crippen molar-refractivity contribution in [2.24, 2.45) is 5.41 Å². The molecular weight excluding hydrogens is 232 g/mol. The minimum absolute atomic E-state index is 0.236. The van der Waals surface area contributed by atoms with Crippen molar-refractivity contribution in [2.45, 2.75) is 39.0 Å². The number of rotatable bonds is 5. The molecule has 0 aliphatic heterocycles. The molecule has 0 unspecified atom stereocenters. The topological polar surface area (TPSA) is 12.0 Å². The van der Waals surface area contributed by atoms with Crippen LogP contribution in [0.25, 0.3) is 0 Å². The van der Waals surface area contributed by atoms with E-state index >= 15 is 0 Å². The Hall–Kier alpha value is -0.960. The number of halogens is 2. The van der Waals surface area contributed by atoms with Crippen molar-refractivity contribution in [3.05, 3.63) is 35.4 Å². The van der Waals surface area contributed by atoms with Gasteiger partial charge >= 0.3 is 0 Å². The summed E-state index contributed by atoms with van der Waals surface area (Å²) < 4.78 is 26.2. The SMILES string of the molecule is CCNCC1(Cc2ccc(F)c(F)c2)CCCC1. The molecule has 0 spiro atoms. The molecule has 1 aliphatic rings. The summed E-state index contributed by atoms with van der Waals surface area (Å²) in [4.78, 5) is 0. The summed E-state index contributed by atoms with van der Waals surface area (Å²) in [5, 5.41) is 3.41. The van der Waals surface area contributed by atoms with Crippen molar-refractivity contribution in [1.29, 1.82) is 0 Å². The van der Waals surface area contributed by atoms with Gasteiger partial charge in [-0.1, -0.05) is 25.8 Å². The zero-order chi connectivity index (χ0) is 13.0. The van der Waals surface area contributed by atoms with E-state index in [0.717, 1.165) is 25.1 Å². The van der Waals surface area contributed by atoms with Crippen molar-refractivity contribution in [2.75, 3.05) is 13.1 Å². The van der Waals surface area contributed by atoms with Crippen LogP contribution in [0.1, 0.15) is 38.2 Å². The Kier molecular flexibility index (Phi) is 4.33. The first-order valence-electron chi connectivity index (χ1n) is 6.80. The quantitative estimate of drug-likeness (QED) is 0.844. The predicted octanol–water partition coefficient (Wildman–Crippen LogP) is 3.68. The molecule has 3 heteroatoms. The smallest absolute Gasteiger partial charge is 0.159 e. The van der Waals surface area contributed by atoms with Gasteiger partial charge in [0.1, 0.15) is 0 Å². The zero-order valence-corrected chi connectivity index (χ0v) is 10.9. The third kappa shape index (κ3) is 3.08. The maximum Gasteiger partial charge on any atom is 0.159 e. The van der Waals surface area contributed by atoms with Gasteiger partial charge in [-0.2, -0.15) is 0 Å². The Morgan fingerprint density at radius 2 is 1.89 bits per heavy atom. The first-order chi connectivity index (χ1) is 8.65. The first-order valence-corrected chi connectivity index (χ1v) is 6.80. The van der Waals surface area contributed by atoms with Gasteiger partial charge < -0.3 is 5.32 Å². The fraction of sp³-hybridized carbons (Fsp3) is 0.600. The largest absolute Gasteiger partial charge is 0.316 e. The fourth-order valence-electron chi connectivity index (χ4n) is 3.01. The van der Waals surface area contributed by atoms with Gasteiger partial charge in [0.15, 0.2) is 11.6 Å². The molecule has 1 fully saturated rings. The molecule has 1 aromatic rings. The zero-order valence-electron chi connectivity index (χ0n) is 10.9. The highest BCUT2D eigenvalue weighted by Gasteiger charge is 2.33. The second-order valence-corrected chi connectivity index (χ2v) is 5.41. The van der Waals surface area contributed by atoms with E-state index in [-0.39, 0.29) is 5.41 Å². The first kappa shape index (κ1) is 13.5. The standard InChI is InChI=1S/C15H21F2N/c1-2-18-11-15(7-3-4-8-15)10-12-5-6-13(16)14(17)9-12/h5-6,9,18H,2-4,7-8,10-11H2,1H3. The fourth-order valence-corrected chi connectivity index (χ4v) is 3.01. The number of nitrogens with one attached hydrogen (secondary N) is 1. The molecule has 100 valence electrons. The average Bonchev–Trinajstić information content (AvgIpc) is 2.80. The third-order valence-electron chi connectivity index (χ3n) is 3.98. The molecule has 1 N–H and O–H groups in total. The van der Waals surface area contributed by atoms with Crippen LogP contribution in [0.4, 0.5) is 8.78 Å². The van der Waals surface area contributed by atoms with Gasteiger partial charge in [0.05, 0.1) is 0 Å². The molecule has 0 bridgehead atoms. The Labute approximate surface area is 108 Å². The lowest BCUT2D eigenvalue weighted by atomic mass is 9.80. The van der Waals surface area contributed by atoms with Crippen LogP contribution < -0.4 is 5.32 Å². The molecule has 1 aromatic carbocycles. The highest BCUT2D eigenvalue weighted by Crippen LogP contribution is 2.40. The van der Waals surface area contributed by atoms with Crippen LogP contribution in [-0.4, -0.2) is 13.1 Å². The highest BCUT2D eigenvalue weighted by atomic mass is 19.2. The van der Waals surface area contributed by atoms with Crippen LogP contribution in [-0.2, 0) is 6.42 Å². The van der Waals surface area contributed by atoms with Crippen molar-refractivity contribution in [1.82, 2.24) is 5.32 Å². The lowest BCUT2D eigenvalue weighted by molar-refractivity contribution is 0.279. The van der Waals surface area contributed by atoms with Gasteiger partial charge in [-0.25, -0.2) is 8.78 Å². The van der Waals surface area contributed by atoms with Crippen molar-refractivity contribution < 1.29 is 8.78 Å². The molecule has 1 nitrogen and oxygen atoms in total. The maximum atomic E-state index is 13.2. The Morgan fingerprint density at radius 3 is 2.50 bits per heavy atom. The minimum Gasteiger partial charge on any atom is -0.316 e. The van der Waals surface area contributed by atoms with Crippen LogP contribution in [0.5, 0.6) is 0 Å². The summed E-state index contributed by atoms with van der Waals surface area (Å²) in [5.74, 6) is -1.49. The van der Waals surface area contributed by atoms with Crippen LogP contribution in [0.2, 0.25) is 0 Å². The lowest BCUT2D eigenvalue weighted by Crippen LogP contribution is -2.33. The van der Waals surface area contributed by atoms with E-state index in [0.29, 0.717) is 0 Å². The summed E-state index contributed by atoms with van der Waals surface area (Å²) in [5.41, 5.74) is 1.15. The van der Waals surface area contributed by atoms with Crippen LogP contribution in [0, 0.1) is 17.0 Å². The molecule has 0 aromatic heterocycles. The van der Waals surface area contributed by atoms with E-state index in [4.69, 9.17) is 0 Å². The monoisotopic (exact) mass is 253 g/mol. The maximum absolute atomic E-state index is 13.2. The number of hydrogen-bond donors (Lipinski definition) is 1. The van der Waals surface area contributed by atoms with Crippen LogP contribution >= 0.6 is 0 Å². The molecule has 1 saturated carbocycles. The molecule has 2 rings (SSSR count). The van der Waals surface area contributed by atoms with Crippen LogP contribution in [0.15, 0.2) is 18.2 Å². The van der Waals surface area contributed by atoms with Gasteiger partial charge in [-0.15, -0.1) is 0 Å². The molecule has 0 amide bonds. The average molecular weight is 253 g/mol. The van der Waals surface area contributed by atoms with Gasteiger partial charge in [0, 0.05) is 6.54 Å². The number of hydrogen-bond acceptors (Lipinski definition) is 1. The molecule has 0 saturated heterocycles. The lowest BCUT2D eigenvalue weighted by Gasteiger charge is -2.29. The molecule has 1 aliphatic carbocycles. The van der Waals surface area contributed by atoms with Crippen molar-refractivity contribution in [3.63, 3.8) is 0 Å². The van der Waals surface area contributed by atoms with E-state index in [1.54, 1.807) is 6.07 Å². The van der Waals surface area contributed by atoms with E-state index in [1.165, 1.54) is 37.8 Å². The molecular formula is C15H21F2N. The van der Waals surface area contributed by atoms with Crippen molar-refractivity contribution in [3.8, 4) is 0 Å². The molecule has 0 radical (unpaired) electrons. The Morgan fingerprint density at radius 1 is 1.17 bits per heavy atom. The minimum atomic E-state index is -0.758. The summed E-state index contributed by atoms with van der Waals surface area (Å²) >= 11 is 0. The predicted molar refractivity (Wildman–Crippen MR) is 69.5 cm³/mol. The molecule has 18 heavy (non-hydrogen) atoms. The van der Waals surface area contributed by atoms with E-state index in [2.05, 4.69) is 12.2 Å². The van der Waals surface area contributed by atoms with E-state index in [1.807, 2.05) is 0 Å². The van der Waals surface area contributed by atoms with Gasteiger partial charge in [-0.3, -0.25) is 0 Å². The summed E-state index contributed by atoms with van der Waals surface area (Å²) in [7, 11) is 0. The van der Waals surface area contributed by atoms with E-state index < -0.39 is 11.6 Å². The van der Waals surface area contributed by atoms with Crippen LogP contribution in [0.3, 0.4) is 0 Å².